The number of hydrogen-bond donors (Lipinski definition) is 4. The lowest BCUT2D eigenvalue weighted by Gasteiger charge is -2.20. The number of amides is 2. The molecule has 0 radical (unpaired) electrons. The summed E-state index contributed by atoms with van der Waals surface area (Å²) in [6, 6.07) is 3.95. The van der Waals surface area contributed by atoms with E-state index in [0.717, 1.165) is 18.4 Å². The fourth-order valence-electron chi connectivity index (χ4n) is 3.68. The summed E-state index contributed by atoms with van der Waals surface area (Å²) in [5.74, 6) is 0.262. The van der Waals surface area contributed by atoms with Crippen LogP contribution in [0.3, 0.4) is 0 Å². The average molecular weight is 345 g/mol. The van der Waals surface area contributed by atoms with Crippen molar-refractivity contribution < 1.29 is 9.59 Å². The Balaban J connectivity index is 1.37. The maximum absolute atomic E-state index is 12.4. The molecule has 1 aromatic rings. The van der Waals surface area contributed by atoms with Crippen LogP contribution in [0.5, 0.6) is 0 Å². The molecule has 3 unspecified atom stereocenters. The van der Waals surface area contributed by atoms with Crippen LogP contribution in [0.4, 0.5) is 0 Å². The molecule has 4 N–H and O–H groups in total. The number of rotatable bonds is 6. The number of nitrogens with one attached hydrogen (secondary N) is 4. The van der Waals surface area contributed by atoms with E-state index in [-0.39, 0.29) is 24.3 Å². The molecule has 2 amide bonds. The molecule has 1 aromatic heterocycles. The third kappa shape index (κ3) is 4.99. The van der Waals surface area contributed by atoms with E-state index < -0.39 is 0 Å². The number of fused-ring (bicyclic) bond motifs is 1. The van der Waals surface area contributed by atoms with Crippen molar-refractivity contribution in [2.45, 2.75) is 57.2 Å². The van der Waals surface area contributed by atoms with Crippen molar-refractivity contribution in [1.29, 1.82) is 0 Å². The molecule has 7 nitrogen and oxygen atoms in total. The smallest absolute Gasteiger partial charge is 0.238 e. The molecule has 2 aliphatic rings. The second-order valence-electron chi connectivity index (χ2n) is 6.85. The molecule has 1 aliphatic heterocycles. The summed E-state index contributed by atoms with van der Waals surface area (Å²) in [7, 11) is 0. The highest BCUT2D eigenvalue weighted by Crippen LogP contribution is 2.29. The van der Waals surface area contributed by atoms with Gasteiger partial charge >= 0.3 is 0 Å². The molecule has 3 atom stereocenters. The van der Waals surface area contributed by atoms with Gasteiger partial charge in [-0.25, -0.2) is 5.43 Å². The van der Waals surface area contributed by atoms with Gasteiger partial charge in [0.1, 0.15) is 6.04 Å². The summed E-state index contributed by atoms with van der Waals surface area (Å²) in [6.45, 7) is 0.811. The number of carbonyl (C=O) groups is 2. The zero-order valence-corrected chi connectivity index (χ0v) is 14.5. The van der Waals surface area contributed by atoms with Gasteiger partial charge in [0.2, 0.25) is 11.8 Å². The van der Waals surface area contributed by atoms with E-state index in [0.29, 0.717) is 25.0 Å². The molecule has 2 heterocycles. The zero-order chi connectivity index (χ0) is 17.5. The number of carbonyl (C=O) groups excluding carboxylic acids is 2. The van der Waals surface area contributed by atoms with Crippen molar-refractivity contribution in [1.82, 2.24) is 26.5 Å². The highest BCUT2D eigenvalue weighted by atomic mass is 16.2. The lowest BCUT2D eigenvalue weighted by Crippen LogP contribution is -2.46. The molecule has 7 heteroatoms. The van der Waals surface area contributed by atoms with Crippen molar-refractivity contribution >= 4 is 11.8 Å². The van der Waals surface area contributed by atoms with Crippen molar-refractivity contribution in [3.05, 3.63) is 30.1 Å². The quantitative estimate of drug-likeness (QED) is 0.607. The Hall–Kier alpha value is -1.99. The zero-order valence-electron chi connectivity index (χ0n) is 14.5. The predicted molar refractivity (Wildman–Crippen MR) is 94.1 cm³/mol. The van der Waals surface area contributed by atoms with Crippen LogP contribution in [-0.2, 0) is 16.1 Å². The van der Waals surface area contributed by atoms with Gasteiger partial charge in [-0.2, -0.15) is 0 Å². The molecule has 0 bridgehead atoms. The molecule has 25 heavy (non-hydrogen) atoms. The van der Waals surface area contributed by atoms with Crippen LogP contribution in [0.25, 0.3) is 0 Å². The lowest BCUT2D eigenvalue weighted by molar-refractivity contribution is -0.124. The molecular weight excluding hydrogens is 318 g/mol. The monoisotopic (exact) mass is 345 g/mol. The minimum absolute atomic E-state index is 0.0121. The van der Waals surface area contributed by atoms with E-state index in [1.54, 1.807) is 12.4 Å². The van der Waals surface area contributed by atoms with Crippen molar-refractivity contribution in [2.75, 3.05) is 6.54 Å². The predicted octanol–water partition coefficient (Wildman–Crippen LogP) is 0.629. The molecule has 136 valence electrons. The Morgan fingerprint density at radius 3 is 2.88 bits per heavy atom. The van der Waals surface area contributed by atoms with Gasteiger partial charge in [-0.1, -0.05) is 25.3 Å². The Bertz CT molecular complexity index is 580. The first-order valence-corrected chi connectivity index (χ1v) is 9.18. The third-order valence-electron chi connectivity index (χ3n) is 5.07. The van der Waals surface area contributed by atoms with Crippen LogP contribution >= 0.6 is 0 Å². The minimum atomic E-state index is -0.193. The maximum Gasteiger partial charge on any atom is 0.238 e. The number of hydrogen-bond acceptors (Lipinski definition) is 5. The lowest BCUT2D eigenvalue weighted by atomic mass is 9.90. The van der Waals surface area contributed by atoms with Crippen LogP contribution in [0.2, 0.25) is 0 Å². The van der Waals surface area contributed by atoms with Crippen molar-refractivity contribution in [3.8, 4) is 0 Å². The highest BCUT2D eigenvalue weighted by Gasteiger charge is 2.39. The summed E-state index contributed by atoms with van der Waals surface area (Å²) >= 11 is 0. The Labute approximate surface area is 148 Å². The Kier molecular flexibility index (Phi) is 6.36. The van der Waals surface area contributed by atoms with Crippen LogP contribution in [-0.4, -0.2) is 35.4 Å². The SMILES string of the molecule is O=C(CCNC(=O)C1NNC2CCCCCC21)NCc1cccnc1. The summed E-state index contributed by atoms with van der Waals surface area (Å²) in [4.78, 5) is 28.3. The molecule has 1 aliphatic carbocycles. The number of nitrogens with zero attached hydrogens (tertiary/aromatic N) is 1. The van der Waals surface area contributed by atoms with E-state index in [9.17, 15) is 9.59 Å². The van der Waals surface area contributed by atoms with Crippen molar-refractivity contribution in [2.24, 2.45) is 5.92 Å². The molecule has 3 rings (SSSR count). The molecule has 2 fully saturated rings. The van der Waals surface area contributed by atoms with Gasteiger partial charge in [0, 0.05) is 43.9 Å². The van der Waals surface area contributed by atoms with E-state index >= 15 is 0 Å². The second kappa shape index (κ2) is 8.92. The van der Waals surface area contributed by atoms with Gasteiger partial charge in [0.05, 0.1) is 0 Å². The van der Waals surface area contributed by atoms with Gasteiger partial charge in [-0.05, 0) is 24.5 Å². The highest BCUT2D eigenvalue weighted by molar-refractivity contribution is 5.83. The first-order valence-electron chi connectivity index (χ1n) is 9.18. The molecule has 1 saturated heterocycles. The fourth-order valence-corrected chi connectivity index (χ4v) is 3.68. The topological polar surface area (TPSA) is 95.2 Å². The van der Waals surface area contributed by atoms with Gasteiger partial charge < -0.3 is 10.6 Å². The molecule has 0 aromatic carbocycles. The Morgan fingerprint density at radius 2 is 2.04 bits per heavy atom. The van der Waals surface area contributed by atoms with Gasteiger partial charge in [0.15, 0.2) is 0 Å². The summed E-state index contributed by atoms with van der Waals surface area (Å²) in [5.41, 5.74) is 7.37. The third-order valence-corrected chi connectivity index (χ3v) is 5.07. The fraction of sp³-hybridized carbons (Fsp3) is 0.611. The van der Waals surface area contributed by atoms with E-state index in [1.165, 1.54) is 19.3 Å². The van der Waals surface area contributed by atoms with Crippen LogP contribution in [0.1, 0.15) is 44.1 Å². The molecule has 0 spiro atoms. The van der Waals surface area contributed by atoms with Gasteiger partial charge in [0.25, 0.3) is 0 Å². The van der Waals surface area contributed by atoms with Gasteiger partial charge in [-0.3, -0.25) is 20.0 Å². The number of aromatic nitrogens is 1. The first-order chi connectivity index (χ1) is 12.2. The normalized spacial score (nSPS) is 25.7. The van der Waals surface area contributed by atoms with Crippen molar-refractivity contribution in [3.63, 3.8) is 0 Å². The van der Waals surface area contributed by atoms with E-state index in [4.69, 9.17) is 0 Å². The van der Waals surface area contributed by atoms with E-state index in [2.05, 4.69) is 26.5 Å². The molecule has 1 saturated carbocycles. The largest absolute Gasteiger partial charge is 0.354 e. The summed E-state index contributed by atoms with van der Waals surface area (Å²) in [5, 5.41) is 5.73. The number of hydrazine groups is 1. The second-order valence-corrected chi connectivity index (χ2v) is 6.85. The maximum atomic E-state index is 12.4. The van der Waals surface area contributed by atoms with E-state index in [1.807, 2.05) is 12.1 Å². The Morgan fingerprint density at radius 1 is 1.16 bits per heavy atom. The van der Waals surface area contributed by atoms with Crippen LogP contribution in [0.15, 0.2) is 24.5 Å². The summed E-state index contributed by atoms with van der Waals surface area (Å²) in [6.07, 6.45) is 9.56. The van der Waals surface area contributed by atoms with Crippen LogP contribution < -0.4 is 21.5 Å². The van der Waals surface area contributed by atoms with Gasteiger partial charge in [-0.15, -0.1) is 0 Å². The number of pyridine rings is 1. The minimum Gasteiger partial charge on any atom is -0.354 e. The summed E-state index contributed by atoms with van der Waals surface area (Å²) < 4.78 is 0. The average Bonchev–Trinajstić information content (AvgIpc) is 2.89. The first kappa shape index (κ1) is 17.8. The standard InChI is InChI=1S/C18H27N5O2/c24-16(21-12-13-5-4-9-19-11-13)8-10-20-18(25)17-14-6-2-1-3-7-15(14)22-23-17/h4-5,9,11,14-15,17,22-23H,1-3,6-8,10,12H2,(H,20,25)(H,21,24). The molecular formula is C18H27N5O2. The van der Waals surface area contributed by atoms with Crippen LogP contribution in [0, 0.1) is 5.92 Å².